The van der Waals surface area contributed by atoms with Gasteiger partial charge >= 0.3 is 0 Å². The maximum atomic E-state index is 8.63. The summed E-state index contributed by atoms with van der Waals surface area (Å²) in [6, 6.07) is 35.2. The Labute approximate surface area is 157 Å². The molecule has 0 aliphatic heterocycles. The Balaban J connectivity index is 0.000000195. The van der Waals surface area contributed by atoms with E-state index in [1.54, 1.807) is 24.3 Å². The molecule has 0 saturated carbocycles. The first-order valence-electron chi connectivity index (χ1n) is 9.10. The normalized spacial score (nSPS) is 11.1. The van der Waals surface area contributed by atoms with Crippen molar-refractivity contribution < 1.29 is 5.11 Å². The number of para-hydroxylation sites is 1. The smallest absolute Gasteiger partial charge is 0.115 e. The molecule has 0 spiro atoms. The zero-order valence-corrected chi connectivity index (χ0v) is 14.8. The van der Waals surface area contributed by atoms with Gasteiger partial charge in [0.05, 0.1) is 0 Å². The average Bonchev–Trinajstić information content (AvgIpc) is 2.73. The Morgan fingerprint density at radius 2 is 1.04 bits per heavy atom. The molecule has 0 bridgehead atoms. The van der Waals surface area contributed by atoms with Crippen molar-refractivity contribution in [1.82, 2.24) is 0 Å². The lowest BCUT2D eigenvalue weighted by Gasteiger charge is -2.12. The van der Waals surface area contributed by atoms with Gasteiger partial charge in [0.15, 0.2) is 0 Å². The molecule has 128 valence electrons. The number of aromatic hydroxyl groups is 1. The van der Waals surface area contributed by atoms with E-state index in [1.165, 1.54) is 43.1 Å². The minimum atomic E-state index is 0.322. The molecule has 0 radical (unpaired) electrons. The largest absolute Gasteiger partial charge is 0.508 e. The molecule has 0 heterocycles. The number of fused-ring (bicyclic) bond motifs is 2. The van der Waals surface area contributed by atoms with Crippen LogP contribution in [-0.2, 0) is 0 Å². The molecular weight excluding hydrogens is 328 g/mol. The fourth-order valence-corrected chi connectivity index (χ4v) is 3.92. The highest BCUT2D eigenvalue weighted by molar-refractivity contribution is 6.28. The highest BCUT2D eigenvalue weighted by Crippen LogP contribution is 2.38. The molecule has 0 amide bonds. The van der Waals surface area contributed by atoms with Crippen molar-refractivity contribution in [2.75, 3.05) is 0 Å². The number of hydrogen-bond donors (Lipinski definition) is 1. The summed E-state index contributed by atoms with van der Waals surface area (Å²) in [5.41, 5.74) is 0. The van der Waals surface area contributed by atoms with E-state index < -0.39 is 0 Å². The van der Waals surface area contributed by atoms with Crippen LogP contribution in [0.1, 0.15) is 0 Å². The van der Waals surface area contributed by atoms with Crippen LogP contribution in [0.15, 0.2) is 103 Å². The van der Waals surface area contributed by atoms with Crippen molar-refractivity contribution in [2.24, 2.45) is 0 Å². The molecule has 0 aliphatic carbocycles. The van der Waals surface area contributed by atoms with E-state index in [1.807, 2.05) is 6.07 Å². The summed E-state index contributed by atoms with van der Waals surface area (Å²) in [6.07, 6.45) is 0. The van der Waals surface area contributed by atoms with Crippen molar-refractivity contribution >= 4 is 43.1 Å². The second-order valence-corrected chi connectivity index (χ2v) is 6.79. The van der Waals surface area contributed by atoms with Crippen LogP contribution in [0.2, 0.25) is 0 Å². The molecule has 0 atom stereocenters. The van der Waals surface area contributed by atoms with Crippen LogP contribution in [-0.4, -0.2) is 5.11 Å². The summed E-state index contributed by atoms with van der Waals surface area (Å²) in [6.45, 7) is 0. The summed E-state index contributed by atoms with van der Waals surface area (Å²) in [4.78, 5) is 0. The second-order valence-electron chi connectivity index (χ2n) is 6.79. The van der Waals surface area contributed by atoms with E-state index >= 15 is 0 Å². The SMILES string of the molecule is Oc1ccccc1.c1ccc2c(c1)cc1ccc3cccc4ccc2c1c34. The Hall–Kier alpha value is -3.58. The van der Waals surface area contributed by atoms with Gasteiger partial charge in [-0.1, -0.05) is 84.9 Å². The molecular formula is C26H18O. The van der Waals surface area contributed by atoms with Crippen LogP contribution in [0.3, 0.4) is 0 Å². The Bertz CT molecular complexity index is 1350. The predicted octanol–water partition coefficient (Wildman–Crippen LogP) is 7.13. The molecule has 0 unspecified atom stereocenters. The van der Waals surface area contributed by atoms with Crippen molar-refractivity contribution in [1.29, 1.82) is 0 Å². The number of rotatable bonds is 0. The number of phenolic OH excluding ortho intramolecular Hbond substituents is 1. The molecule has 6 aromatic carbocycles. The van der Waals surface area contributed by atoms with E-state index in [0.717, 1.165) is 0 Å². The minimum absolute atomic E-state index is 0.322. The van der Waals surface area contributed by atoms with Gasteiger partial charge in [-0.25, -0.2) is 0 Å². The van der Waals surface area contributed by atoms with E-state index in [2.05, 4.69) is 72.8 Å². The van der Waals surface area contributed by atoms with E-state index in [0.29, 0.717) is 5.75 Å². The van der Waals surface area contributed by atoms with E-state index in [9.17, 15) is 0 Å². The number of phenols is 1. The van der Waals surface area contributed by atoms with Crippen molar-refractivity contribution in [3.8, 4) is 5.75 Å². The van der Waals surface area contributed by atoms with Gasteiger partial charge in [-0.3, -0.25) is 0 Å². The summed E-state index contributed by atoms with van der Waals surface area (Å²) in [5, 5.41) is 19.5. The lowest BCUT2D eigenvalue weighted by atomic mass is 9.91. The number of benzene rings is 6. The van der Waals surface area contributed by atoms with Crippen molar-refractivity contribution in [3.05, 3.63) is 103 Å². The van der Waals surface area contributed by atoms with E-state index in [-0.39, 0.29) is 0 Å². The van der Waals surface area contributed by atoms with Gasteiger partial charge in [0, 0.05) is 0 Å². The first kappa shape index (κ1) is 15.7. The highest BCUT2D eigenvalue weighted by atomic mass is 16.3. The van der Waals surface area contributed by atoms with Gasteiger partial charge in [-0.15, -0.1) is 0 Å². The van der Waals surface area contributed by atoms with Crippen LogP contribution in [0, 0.1) is 0 Å². The zero-order chi connectivity index (χ0) is 18.2. The van der Waals surface area contributed by atoms with Crippen LogP contribution in [0.5, 0.6) is 5.75 Å². The Kier molecular flexibility index (Phi) is 3.65. The summed E-state index contributed by atoms with van der Waals surface area (Å²) in [5.74, 6) is 0.322. The van der Waals surface area contributed by atoms with Gasteiger partial charge in [0.1, 0.15) is 5.75 Å². The molecule has 1 N–H and O–H groups in total. The van der Waals surface area contributed by atoms with Crippen LogP contribution < -0.4 is 0 Å². The molecule has 1 heteroatoms. The fraction of sp³-hybridized carbons (Fsp3) is 0. The predicted molar refractivity (Wildman–Crippen MR) is 116 cm³/mol. The average molecular weight is 346 g/mol. The van der Waals surface area contributed by atoms with Gasteiger partial charge in [0.25, 0.3) is 0 Å². The lowest BCUT2D eigenvalue weighted by molar-refractivity contribution is 0.475. The summed E-state index contributed by atoms with van der Waals surface area (Å²) >= 11 is 0. The second kappa shape index (κ2) is 6.30. The van der Waals surface area contributed by atoms with Gasteiger partial charge in [0.2, 0.25) is 0 Å². The number of hydrogen-bond acceptors (Lipinski definition) is 1. The molecule has 1 nitrogen and oxygen atoms in total. The highest BCUT2D eigenvalue weighted by Gasteiger charge is 2.09. The lowest BCUT2D eigenvalue weighted by Crippen LogP contribution is -1.85. The van der Waals surface area contributed by atoms with Crippen LogP contribution in [0.4, 0.5) is 0 Å². The molecule has 0 saturated heterocycles. The first-order valence-corrected chi connectivity index (χ1v) is 9.10. The fourth-order valence-electron chi connectivity index (χ4n) is 3.92. The molecule has 27 heavy (non-hydrogen) atoms. The third-order valence-electron chi connectivity index (χ3n) is 5.13. The quantitative estimate of drug-likeness (QED) is 0.229. The maximum Gasteiger partial charge on any atom is 0.115 e. The monoisotopic (exact) mass is 346 g/mol. The maximum absolute atomic E-state index is 8.63. The zero-order valence-electron chi connectivity index (χ0n) is 14.8. The van der Waals surface area contributed by atoms with E-state index in [4.69, 9.17) is 5.11 Å². The summed E-state index contributed by atoms with van der Waals surface area (Å²) < 4.78 is 0. The topological polar surface area (TPSA) is 20.2 Å². The minimum Gasteiger partial charge on any atom is -0.508 e. The standard InChI is InChI=1S/C20H12.C6H6O/c1-2-7-17-15(4-1)12-16-9-8-13-5-3-6-14-10-11-18(17)20(16)19(13)14;7-6-4-2-1-3-5-6/h1-12H;1-5,7H. The van der Waals surface area contributed by atoms with Crippen molar-refractivity contribution in [3.63, 3.8) is 0 Å². The van der Waals surface area contributed by atoms with Gasteiger partial charge in [-0.2, -0.15) is 0 Å². The van der Waals surface area contributed by atoms with Gasteiger partial charge in [-0.05, 0) is 61.3 Å². The third kappa shape index (κ3) is 2.65. The molecule has 0 aromatic heterocycles. The molecule has 6 aromatic rings. The van der Waals surface area contributed by atoms with Crippen molar-refractivity contribution in [2.45, 2.75) is 0 Å². The molecule has 0 aliphatic rings. The van der Waals surface area contributed by atoms with Crippen LogP contribution >= 0.6 is 0 Å². The third-order valence-corrected chi connectivity index (χ3v) is 5.13. The molecule has 6 rings (SSSR count). The Morgan fingerprint density at radius 1 is 0.407 bits per heavy atom. The Morgan fingerprint density at radius 3 is 1.78 bits per heavy atom. The summed E-state index contributed by atoms with van der Waals surface area (Å²) in [7, 11) is 0. The van der Waals surface area contributed by atoms with Crippen LogP contribution in [0.25, 0.3) is 43.1 Å². The van der Waals surface area contributed by atoms with Gasteiger partial charge < -0.3 is 5.11 Å². The first-order chi connectivity index (χ1) is 13.3. The molecule has 0 fully saturated rings.